The second kappa shape index (κ2) is 5.28. The molecule has 1 heterocycles. The highest BCUT2D eigenvalue weighted by Gasteiger charge is 2.71. The van der Waals surface area contributed by atoms with Crippen LogP contribution in [-0.4, -0.2) is 35.9 Å². The van der Waals surface area contributed by atoms with E-state index in [1.165, 1.54) is 4.31 Å². The molecule has 1 aliphatic heterocycles. The number of fused-ring (bicyclic) bond motifs is 1. The molecule has 0 bridgehead atoms. The lowest BCUT2D eigenvalue weighted by molar-refractivity contribution is -0.135. The van der Waals surface area contributed by atoms with Gasteiger partial charge in [-0.25, -0.2) is 13.9 Å². The Bertz CT molecular complexity index is 1020. The average molecular weight is 372 g/mol. The van der Waals surface area contributed by atoms with Crippen LogP contribution in [0, 0.1) is 11.3 Å². The van der Waals surface area contributed by atoms with Gasteiger partial charge in [-0.1, -0.05) is 30.3 Å². The maximum Gasteiger partial charge on any atom is 0.262 e. The molecule has 2 N–H and O–H groups in total. The zero-order chi connectivity index (χ0) is 18.1. The number of amides is 1. The lowest BCUT2D eigenvalue weighted by Gasteiger charge is -2.56. The number of carbonyl (C=O) groups excluding carboxylic acids is 1. The normalized spacial score (nSPS) is 33.0. The zero-order valence-corrected chi connectivity index (χ0v) is 14.9. The minimum atomic E-state index is -3.83. The van der Waals surface area contributed by atoms with E-state index in [2.05, 4.69) is 0 Å². The van der Waals surface area contributed by atoms with Crippen molar-refractivity contribution in [1.82, 2.24) is 9.79 Å². The van der Waals surface area contributed by atoms with Crippen molar-refractivity contribution >= 4 is 26.7 Å². The molecule has 1 amide bonds. The summed E-state index contributed by atoms with van der Waals surface area (Å²) >= 11 is 0. The van der Waals surface area contributed by atoms with E-state index >= 15 is 0 Å². The third-order valence-electron chi connectivity index (χ3n) is 6.84. The summed E-state index contributed by atoms with van der Waals surface area (Å²) in [5, 5.41) is 11.0. The Labute approximate surface area is 151 Å². The van der Waals surface area contributed by atoms with E-state index in [0.717, 1.165) is 36.5 Å². The number of benzene rings is 2. The summed E-state index contributed by atoms with van der Waals surface area (Å²) < 4.78 is 28.3. The summed E-state index contributed by atoms with van der Waals surface area (Å²) in [4.78, 5) is 12.6. The van der Waals surface area contributed by atoms with Crippen LogP contribution in [0.2, 0.25) is 0 Å². The first-order chi connectivity index (χ1) is 12.5. The van der Waals surface area contributed by atoms with Crippen molar-refractivity contribution in [2.45, 2.75) is 42.7 Å². The lowest BCUT2D eigenvalue weighted by Crippen LogP contribution is -2.54. The van der Waals surface area contributed by atoms with Crippen LogP contribution in [0.25, 0.3) is 10.8 Å². The second-order valence-electron chi connectivity index (χ2n) is 7.70. The van der Waals surface area contributed by atoms with Gasteiger partial charge in [0.2, 0.25) is 10.0 Å². The van der Waals surface area contributed by atoms with Crippen LogP contribution < -0.4 is 5.48 Å². The van der Waals surface area contributed by atoms with Crippen molar-refractivity contribution in [2.24, 2.45) is 11.3 Å². The zero-order valence-electron chi connectivity index (χ0n) is 14.1. The molecule has 0 aromatic heterocycles. The maximum absolute atomic E-state index is 13.5. The summed E-state index contributed by atoms with van der Waals surface area (Å²) in [7, 11) is -3.83. The Hall–Kier alpha value is -1.96. The Morgan fingerprint density at radius 1 is 1.12 bits per heavy atom. The largest absolute Gasteiger partial charge is 0.289 e. The third-order valence-corrected chi connectivity index (χ3v) is 8.73. The first-order valence-corrected chi connectivity index (χ1v) is 10.4. The number of hydrogen-bond donors (Lipinski definition) is 2. The molecule has 3 unspecified atom stereocenters. The number of hydrogen-bond acceptors (Lipinski definition) is 4. The lowest BCUT2D eigenvalue weighted by atomic mass is 9.49. The van der Waals surface area contributed by atoms with Crippen molar-refractivity contribution < 1.29 is 18.4 Å². The third kappa shape index (κ3) is 1.88. The van der Waals surface area contributed by atoms with Gasteiger partial charge in [0, 0.05) is 6.04 Å². The van der Waals surface area contributed by atoms with E-state index in [1.807, 2.05) is 24.3 Å². The first-order valence-electron chi connectivity index (χ1n) is 8.95. The van der Waals surface area contributed by atoms with Crippen LogP contribution in [0.15, 0.2) is 47.4 Å². The summed E-state index contributed by atoms with van der Waals surface area (Å²) in [6.45, 7) is 0. The summed E-state index contributed by atoms with van der Waals surface area (Å²) in [5.74, 6) is -0.614. The summed E-state index contributed by atoms with van der Waals surface area (Å²) in [6.07, 6.45) is 3.53. The van der Waals surface area contributed by atoms with E-state index in [4.69, 9.17) is 0 Å². The highest BCUT2D eigenvalue weighted by molar-refractivity contribution is 7.89. The molecule has 136 valence electrons. The summed E-state index contributed by atoms with van der Waals surface area (Å²) in [5.41, 5.74) is 1.63. The number of nitrogens with one attached hydrogen (secondary N) is 1. The molecule has 7 heteroatoms. The monoisotopic (exact) mass is 372 g/mol. The van der Waals surface area contributed by atoms with Crippen molar-refractivity contribution in [3.05, 3.63) is 42.5 Å². The number of carbonyl (C=O) groups is 1. The van der Waals surface area contributed by atoms with Gasteiger partial charge in [-0.15, -0.1) is 0 Å². The molecule has 1 spiro atoms. The Kier molecular flexibility index (Phi) is 3.30. The predicted molar refractivity (Wildman–Crippen MR) is 94.9 cm³/mol. The van der Waals surface area contributed by atoms with Gasteiger partial charge in [-0.2, -0.15) is 4.31 Å². The molecule has 26 heavy (non-hydrogen) atoms. The fraction of sp³-hybridized carbons (Fsp3) is 0.421. The van der Waals surface area contributed by atoms with E-state index in [-0.39, 0.29) is 22.3 Å². The van der Waals surface area contributed by atoms with Gasteiger partial charge < -0.3 is 0 Å². The van der Waals surface area contributed by atoms with Crippen molar-refractivity contribution in [2.75, 3.05) is 0 Å². The number of nitrogens with zero attached hydrogens (tertiary/aromatic N) is 1. The minimum Gasteiger partial charge on any atom is -0.289 e. The SMILES string of the molecule is O=C(NO)[C@H]1C2CCC23CCC3N1S(=O)(=O)c1ccc2ccccc2c1. The van der Waals surface area contributed by atoms with Gasteiger partial charge in [0.25, 0.3) is 5.91 Å². The molecule has 0 radical (unpaired) electrons. The van der Waals surface area contributed by atoms with Gasteiger partial charge in [0.15, 0.2) is 0 Å². The predicted octanol–water partition coefficient (Wildman–Crippen LogP) is 2.28. The van der Waals surface area contributed by atoms with Gasteiger partial charge >= 0.3 is 0 Å². The Morgan fingerprint density at radius 2 is 1.85 bits per heavy atom. The molecule has 2 aromatic carbocycles. The molecule has 6 nitrogen and oxygen atoms in total. The minimum absolute atomic E-state index is 0.00336. The number of rotatable bonds is 3. The maximum atomic E-state index is 13.5. The standard InChI is InChI=1S/C19H20N2O4S/c22-18(20-23)17-15-7-9-19(15)10-8-16(19)21(17)26(24,25)14-6-5-12-3-1-2-4-13(12)11-14/h1-6,11,15-17,23H,7-10H2,(H,20,22)/t15?,16?,17-,19?/m1/s1. The second-order valence-corrected chi connectivity index (χ2v) is 9.54. The van der Waals surface area contributed by atoms with Gasteiger partial charge in [0.05, 0.1) is 4.90 Å². The van der Waals surface area contributed by atoms with Crippen molar-refractivity contribution in [3.63, 3.8) is 0 Å². The van der Waals surface area contributed by atoms with E-state index < -0.39 is 22.0 Å². The van der Waals surface area contributed by atoms with Crippen LogP contribution in [0.1, 0.15) is 25.7 Å². The van der Waals surface area contributed by atoms with Gasteiger partial charge in [-0.05, 0) is 59.9 Å². The van der Waals surface area contributed by atoms with Crippen LogP contribution in [-0.2, 0) is 14.8 Å². The van der Waals surface area contributed by atoms with Gasteiger partial charge in [-0.3, -0.25) is 10.0 Å². The smallest absolute Gasteiger partial charge is 0.262 e. The first kappa shape index (κ1) is 16.2. The molecule has 3 aliphatic rings. The molecule has 2 aliphatic carbocycles. The number of sulfonamides is 1. The quantitative estimate of drug-likeness (QED) is 0.639. The topological polar surface area (TPSA) is 86.7 Å². The molecule has 2 aromatic rings. The Balaban J connectivity index is 1.62. The molecule has 3 fully saturated rings. The fourth-order valence-corrected chi connectivity index (χ4v) is 7.36. The van der Waals surface area contributed by atoms with E-state index in [0.29, 0.717) is 0 Å². The summed E-state index contributed by atoms with van der Waals surface area (Å²) in [6, 6.07) is 11.7. The molecule has 2 saturated carbocycles. The van der Waals surface area contributed by atoms with Crippen LogP contribution in [0.4, 0.5) is 0 Å². The van der Waals surface area contributed by atoms with Crippen molar-refractivity contribution in [1.29, 1.82) is 0 Å². The van der Waals surface area contributed by atoms with Gasteiger partial charge in [0.1, 0.15) is 6.04 Å². The highest BCUT2D eigenvalue weighted by Crippen LogP contribution is 2.68. The molecule has 4 atom stereocenters. The van der Waals surface area contributed by atoms with E-state index in [9.17, 15) is 18.4 Å². The van der Waals surface area contributed by atoms with E-state index in [1.54, 1.807) is 23.7 Å². The number of hydroxylamine groups is 1. The van der Waals surface area contributed by atoms with Crippen molar-refractivity contribution in [3.8, 4) is 0 Å². The highest BCUT2D eigenvalue weighted by atomic mass is 32.2. The molecule has 5 rings (SSSR count). The fourth-order valence-electron chi connectivity index (χ4n) is 5.41. The molecular formula is C19H20N2O4S. The van der Waals surface area contributed by atoms with Crippen LogP contribution in [0.3, 0.4) is 0 Å². The average Bonchev–Trinajstić information content (AvgIpc) is 2.74. The molecular weight excluding hydrogens is 352 g/mol. The van der Waals surface area contributed by atoms with Crippen LogP contribution >= 0.6 is 0 Å². The Morgan fingerprint density at radius 3 is 2.46 bits per heavy atom. The molecule has 1 saturated heterocycles. The van der Waals surface area contributed by atoms with Crippen LogP contribution in [0.5, 0.6) is 0 Å².